The molecule has 0 saturated carbocycles. The van der Waals surface area contributed by atoms with Crippen molar-refractivity contribution in [3.05, 3.63) is 21.0 Å². The second-order valence-electron chi connectivity index (χ2n) is 3.39. The van der Waals surface area contributed by atoms with Crippen LogP contribution in [0, 0.1) is 0 Å². The first-order valence-electron chi connectivity index (χ1n) is 4.89. The molecule has 1 aromatic rings. The zero-order chi connectivity index (χ0) is 13.0. The molecule has 0 fully saturated rings. The van der Waals surface area contributed by atoms with Crippen molar-refractivity contribution in [3.63, 3.8) is 0 Å². The van der Waals surface area contributed by atoms with Gasteiger partial charge in [0.1, 0.15) is 10.5 Å². The summed E-state index contributed by atoms with van der Waals surface area (Å²) >= 11 is 3.11. The number of amides is 1. The lowest BCUT2D eigenvalue weighted by atomic mass is 10.3. The number of aliphatic hydroxyl groups excluding tert-OH is 1. The highest BCUT2D eigenvalue weighted by molar-refractivity contribution is 9.10. The molecule has 0 aromatic carbocycles. The minimum atomic E-state index is -0.610. The van der Waals surface area contributed by atoms with Crippen LogP contribution in [0.15, 0.2) is 15.5 Å². The van der Waals surface area contributed by atoms with Gasteiger partial charge in [-0.1, -0.05) is 0 Å². The first-order valence-corrected chi connectivity index (χ1v) is 5.69. The number of nitrogens with two attached hydrogens (primary N) is 1. The quantitative estimate of drug-likeness (QED) is 0.665. The molecule has 0 saturated heterocycles. The lowest BCUT2D eigenvalue weighted by Gasteiger charge is -2.13. The van der Waals surface area contributed by atoms with Gasteiger partial charge < -0.3 is 16.2 Å². The molecule has 94 valence electrons. The largest absolute Gasteiger partial charge is 0.394 e. The highest BCUT2D eigenvalue weighted by atomic mass is 79.9. The van der Waals surface area contributed by atoms with Gasteiger partial charge in [-0.15, -0.1) is 0 Å². The fourth-order valence-corrected chi connectivity index (χ4v) is 1.55. The van der Waals surface area contributed by atoms with Gasteiger partial charge in [0.2, 0.25) is 5.91 Å². The van der Waals surface area contributed by atoms with Gasteiger partial charge in [-0.05, 0) is 22.9 Å². The van der Waals surface area contributed by atoms with Crippen molar-refractivity contribution in [1.82, 2.24) is 9.78 Å². The van der Waals surface area contributed by atoms with E-state index in [0.717, 1.165) is 4.68 Å². The minimum Gasteiger partial charge on any atom is -0.394 e. The van der Waals surface area contributed by atoms with Gasteiger partial charge in [0.15, 0.2) is 0 Å². The van der Waals surface area contributed by atoms with E-state index in [-0.39, 0.29) is 23.2 Å². The lowest BCUT2D eigenvalue weighted by molar-refractivity contribution is -0.118. The van der Waals surface area contributed by atoms with Crippen LogP contribution in [0.2, 0.25) is 0 Å². The van der Waals surface area contributed by atoms with E-state index in [0.29, 0.717) is 5.69 Å². The van der Waals surface area contributed by atoms with Crippen molar-refractivity contribution in [1.29, 1.82) is 0 Å². The summed E-state index contributed by atoms with van der Waals surface area (Å²) in [4.78, 5) is 22.6. The van der Waals surface area contributed by atoms with Crippen LogP contribution in [0.5, 0.6) is 0 Å². The molecule has 17 heavy (non-hydrogen) atoms. The van der Waals surface area contributed by atoms with Gasteiger partial charge in [-0.3, -0.25) is 9.59 Å². The molecule has 0 aliphatic carbocycles. The van der Waals surface area contributed by atoms with E-state index in [1.165, 1.54) is 6.20 Å². The third-order valence-corrected chi connectivity index (χ3v) is 2.86. The first-order chi connectivity index (χ1) is 7.97. The Bertz CT molecular complexity index is 474. The smallest absolute Gasteiger partial charge is 0.283 e. The minimum absolute atomic E-state index is 0.114. The normalized spacial score (nSPS) is 12.2. The van der Waals surface area contributed by atoms with Gasteiger partial charge in [0.05, 0.1) is 25.0 Å². The summed E-state index contributed by atoms with van der Waals surface area (Å²) in [6.45, 7) is 1.51. The van der Waals surface area contributed by atoms with E-state index >= 15 is 0 Å². The Hall–Kier alpha value is -1.41. The molecule has 0 bridgehead atoms. The van der Waals surface area contributed by atoms with Gasteiger partial charge in [0, 0.05) is 0 Å². The second-order valence-corrected chi connectivity index (χ2v) is 4.19. The van der Waals surface area contributed by atoms with Gasteiger partial charge >= 0.3 is 0 Å². The van der Waals surface area contributed by atoms with Crippen molar-refractivity contribution in [2.45, 2.75) is 19.5 Å². The number of aliphatic hydroxyl groups is 1. The van der Waals surface area contributed by atoms with Crippen molar-refractivity contribution in [2.24, 2.45) is 5.73 Å². The summed E-state index contributed by atoms with van der Waals surface area (Å²) in [6, 6.07) is -0.610. The molecule has 0 aliphatic heterocycles. The number of nitrogens with one attached hydrogen (secondary N) is 1. The predicted octanol–water partition coefficient (Wildman–Crippen LogP) is -0.716. The van der Waals surface area contributed by atoms with Crippen molar-refractivity contribution in [3.8, 4) is 0 Å². The Balaban J connectivity index is 3.00. The Labute approximate surface area is 106 Å². The molecule has 1 unspecified atom stereocenters. The van der Waals surface area contributed by atoms with Gasteiger partial charge in [0.25, 0.3) is 5.56 Å². The number of rotatable bonds is 5. The van der Waals surface area contributed by atoms with E-state index in [1.54, 1.807) is 6.92 Å². The Kier molecular flexibility index (Phi) is 4.64. The average Bonchev–Trinajstić information content (AvgIpc) is 2.28. The molecule has 0 aliphatic rings. The highest BCUT2D eigenvalue weighted by Crippen LogP contribution is 2.16. The molecule has 1 atom stereocenters. The van der Waals surface area contributed by atoms with Crippen molar-refractivity contribution < 1.29 is 9.90 Å². The summed E-state index contributed by atoms with van der Waals surface area (Å²) in [5.74, 6) is -0.531. The molecular formula is C9H13BrN4O3. The molecular weight excluding hydrogens is 292 g/mol. The maximum absolute atomic E-state index is 11.7. The zero-order valence-corrected chi connectivity index (χ0v) is 10.8. The molecule has 8 heteroatoms. The predicted molar refractivity (Wildman–Crippen MR) is 65.6 cm³/mol. The molecule has 4 N–H and O–H groups in total. The molecule has 1 rings (SSSR count). The summed E-state index contributed by atoms with van der Waals surface area (Å²) in [7, 11) is 0. The van der Waals surface area contributed by atoms with E-state index in [1.807, 2.05) is 0 Å². The molecule has 0 spiro atoms. The van der Waals surface area contributed by atoms with Crippen LogP contribution in [0.4, 0.5) is 5.69 Å². The molecule has 7 nitrogen and oxygen atoms in total. The van der Waals surface area contributed by atoms with E-state index in [2.05, 4.69) is 26.3 Å². The number of hydrogen-bond donors (Lipinski definition) is 3. The Morgan fingerprint density at radius 2 is 2.41 bits per heavy atom. The van der Waals surface area contributed by atoms with Crippen LogP contribution in [0.1, 0.15) is 6.92 Å². The fourth-order valence-electron chi connectivity index (χ4n) is 1.12. The third kappa shape index (κ3) is 3.27. The number of halogens is 1. The maximum atomic E-state index is 11.7. The van der Waals surface area contributed by atoms with Crippen molar-refractivity contribution >= 4 is 27.5 Å². The number of hydrogen-bond acceptors (Lipinski definition) is 5. The Morgan fingerprint density at radius 3 is 2.94 bits per heavy atom. The summed E-state index contributed by atoms with van der Waals surface area (Å²) in [6.07, 6.45) is 1.39. The third-order valence-electron chi connectivity index (χ3n) is 2.10. The molecule has 1 heterocycles. The fraction of sp³-hybridized carbons (Fsp3) is 0.444. The van der Waals surface area contributed by atoms with Crippen LogP contribution in [0.3, 0.4) is 0 Å². The SMILES string of the molecule is CC(Nc1cnn(CCO)c(=O)c1Br)C(N)=O. The summed E-state index contributed by atoms with van der Waals surface area (Å²) in [5, 5.41) is 15.3. The van der Waals surface area contributed by atoms with Crippen LogP contribution >= 0.6 is 15.9 Å². The van der Waals surface area contributed by atoms with Crippen molar-refractivity contribution in [2.75, 3.05) is 11.9 Å². The first kappa shape index (κ1) is 13.7. The number of anilines is 1. The standard InChI is InChI=1S/C9H13BrN4O3/c1-5(8(11)16)13-6-4-12-14(2-3-15)9(17)7(6)10/h4-5,13,15H,2-3H2,1H3,(H2,11,16). The highest BCUT2D eigenvalue weighted by Gasteiger charge is 2.13. The second kappa shape index (κ2) is 5.78. The van der Waals surface area contributed by atoms with Crippen LogP contribution < -0.4 is 16.6 Å². The lowest BCUT2D eigenvalue weighted by Crippen LogP contribution is -2.34. The van der Waals surface area contributed by atoms with E-state index in [4.69, 9.17) is 10.8 Å². The number of carbonyl (C=O) groups excluding carboxylic acids is 1. The van der Waals surface area contributed by atoms with Gasteiger partial charge in [-0.25, -0.2) is 4.68 Å². The topological polar surface area (TPSA) is 110 Å². The monoisotopic (exact) mass is 304 g/mol. The molecule has 0 radical (unpaired) electrons. The van der Waals surface area contributed by atoms with E-state index < -0.39 is 11.9 Å². The zero-order valence-electron chi connectivity index (χ0n) is 9.18. The number of primary amides is 1. The Morgan fingerprint density at radius 1 is 1.76 bits per heavy atom. The van der Waals surface area contributed by atoms with Crippen LogP contribution in [-0.4, -0.2) is 33.4 Å². The maximum Gasteiger partial charge on any atom is 0.283 e. The van der Waals surface area contributed by atoms with E-state index in [9.17, 15) is 9.59 Å². The average molecular weight is 305 g/mol. The van der Waals surface area contributed by atoms with Crippen LogP contribution in [0.25, 0.3) is 0 Å². The molecule has 1 amide bonds. The number of aromatic nitrogens is 2. The summed E-state index contributed by atoms with van der Waals surface area (Å²) < 4.78 is 1.36. The number of nitrogens with zero attached hydrogens (tertiary/aromatic N) is 2. The number of carbonyl (C=O) groups is 1. The summed E-state index contributed by atoms with van der Waals surface area (Å²) in [5.41, 5.74) is 5.09. The van der Waals surface area contributed by atoms with Gasteiger partial charge in [-0.2, -0.15) is 5.10 Å². The van der Waals surface area contributed by atoms with Crippen LogP contribution in [-0.2, 0) is 11.3 Å². The molecule has 1 aromatic heterocycles.